The molecule has 0 aliphatic heterocycles. The molecule has 0 bridgehead atoms. The van der Waals surface area contributed by atoms with Crippen LogP contribution in [-0.4, -0.2) is 36.1 Å². The van der Waals surface area contributed by atoms with Crippen molar-refractivity contribution in [3.05, 3.63) is 72.4 Å². The molecule has 2 N–H and O–H groups in total. The summed E-state index contributed by atoms with van der Waals surface area (Å²) < 4.78 is 0. The average Bonchev–Trinajstić information content (AvgIpc) is 2.66. The lowest BCUT2D eigenvalue weighted by molar-refractivity contribution is 0.250. The van der Waals surface area contributed by atoms with Crippen LogP contribution in [0.5, 0.6) is 0 Å². The van der Waals surface area contributed by atoms with Crippen LogP contribution in [-0.2, 0) is 6.54 Å². The SMILES string of the molecule is CN(CCCNC(=O)Nc1cccc2cccnc12)Cc1ccccc1. The molecule has 0 saturated heterocycles. The second kappa shape index (κ2) is 8.97. The molecule has 0 spiro atoms. The minimum atomic E-state index is -0.200. The number of carbonyl (C=O) groups excluding carboxylic acids is 1. The van der Waals surface area contributed by atoms with Crippen LogP contribution in [0, 0.1) is 0 Å². The summed E-state index contributed by atoms with van der Waals surface area (Å²) in [5.41, 5.74) is 2.82. The van der Waals surface area contributed by atoms with Crippen LogP contribution >= 0.6 is 0 Å². The first-order valence-electron chi connectivity index (χ1n) is 8.83. The number of para-hydroxylation sites is 1. The molecular formula is C21H24N4O. The Bertz CT molecular complexity index is 846. The van der Waals surface area contributed by atoms with Crippen molar-refractivity contribution in [1.82, 2.24) is 15.2 Å². The van der Waals surface area contributed by atoms with Gasteiger partial charge in [0.25, 0.3) is 0 Å². The van der Waals surface area contributed by atoms with E-state index in [0.717, 1.165) is 36.1 Å². The molecule has 0 saturated carbocycles. The number of anilines is 1. The summed E-state index contributed by atoms with van der Waals surface area (Å²) in [6, 6.07) is 19.8. The van der Waals surface area contributed by atoms with Crippen LogP contribution in [0.15, 0.2) is 66.9 Å². The Kier molecular flexibility index (Phi) is 6.17. The predicted octanol–water partition coefficient (Wildman–Crippen LogP) is 3.88. The number of benzene rings is 2. The number of hydrogen-bond donors (Lipinski definition) is 2. The van der Waals surface area contributed by atoms with E-state index in [4.69, 9.17) is 0 Å². The van der Waals surface area contributed by atoms with E-state index in [9.17, 15) is 4.79 Å². The third kappa shape index (κ3) is 5.04. The largest absolute Gasteiger partial charge is 0.338 e. The van der Waals surface area contributed by atoms with Gasteiger partial charge >= 0.3 is 6.03 Å². The van der Waals surface area contributed by atoms with Crippen molar-refractivity contribution in [2.75, 3.05) is 25.5 Å². The maximum Gasteiger partial charge on any atom is 0.319 e. The number of aromatic nitrogens is 1. The molecule has 5 nitrogen and oxygen atoms in total. The molecule has 0 unspecified atom stereocenters. The number of fused-ring (bicyclic) bond motifs is 1. The molecule has 0 radical (unpaired) electrons. The molecule has 0 fully saturated rings. The van der Waals surface area contributed by atoms with Crippen molar-refractivity contribution in [3.8, 4) is 0 Å². The van der Waals surface area contributed by atoms with Gasteiger partial charge in [-0.2, -0.15) is 0 Å². The second-order valence-corrected chi connectivity index (χ2v) is 6.34. The smallest absolute Gasteiger partial charge is 0.319 e. The van der Waals surface area contributed by atoms with E-state index in [1.54, 1.807) is 6.20 Å². The van der Waals surface area contributed by atoms with E-state index in [-0.39, 0.29) is 6.03 Å². The van der Waals surface area contributed by atoms with E-state index in [1.165, 1.54) is 5.56 Å². The van der Waals surface area contributed by atoms with Crippen LogP contribution in [0.4, 0.5) is 10.5 Å². The number of carbonyl (C=O) groups is 1. The fourth-order valence-electron chi connectivity index (χ4n) is 2.90. The maximum atomic E-state index is 12.1. The summed E-state index contributed by atoms with van der Waals surface area (Å²) in [7, 11) is 2.09. The summed E-state index contributed by atoms with van der Waals surface area (Å²) in [5.74, 6) is 0. The van der Waals surface area contributed by atoms with Gasteiger partial charge in [-0.25, -0.2) is 4.79 Å². The zero-order valence-electron chi connectivity index (χ0n) is 15.0. The molecule has 2 aromatic carbocycles. The highest BCUT2D eigenvalue weighted by Gasteiger charge is 2.06. The van der Waals surface area contributed by atoms with Crippen LogP contribution in [0.25, 0.3) is 10.9 Å². The van der Waals surface area contributed by atoms with Gasteiger partial charge in [-0.05, 0) is 37.7 Å². The standard InChI is InChI=1S/C21H24N4O/c1-25(16-17-8-3-2-4-9-17)15-7-14-23-21(26)24-19-12-5-10-18-11-6-13-22-20(18)19/h2-6,8-13H,7,14-16H2,1H3,(H2,23,24,26). The van der Waals surface area contributed by atoms with Crippen LogP contribution in [0.3, 0.4) is 0 Å². The first kappa shape index (κ1) is 17.9. The first-order valence-corrected chi connectivity index (χ1v) is 8.83. The third-order valence-corrected chi connectivity index (χ3v) is 4.18. The Morgan fingerprint density at radius 1 is 1.04 bits per heavy atom. The number of pyridine rings is 1. The van der Waals surface area contributed by atoms with Gasteiger partial charge in [0.1, 0.15) is 0 Å². The molecule has 3 aromatic rings. The molecule has 1 heterocycles. The molecule has 26 heavy (non-hydrogen) atoms. The Hall–Kier alpha value is -2.92. The normalized spacial score (nSPS) is 10.8. The third-order valence-electron chi connectivity index (χ3n) is 4.18. The molecule has 3 rings (SSSR count). The highest BCUT2D eigenvalue weighted by Crippen LogP contribution is 2.20. The number of nitrogens with one attached hydrogen (secondary N) is 2. The zero-order chi connectivity index (χ0) is 18.2. The fraction of sp³-hybridized carbons (Fsp3) is 0.238. The second-order valence-electron chi connectivity index (χ2n) is 6.34. The summed E-state index contributed by atoms with van der Waals surface area (Å²) in [4.78, 5) is 18.7. The summed E-state index contributed by atoms with van der Waals surface area (Å²) in [6.07, 6.45) is 2.62. The van der Waals surface area contributed by atoms with E-state index < -0.39 is 0 Å². The zero-order valence-corrected chi connectivity index (χ0v) is 15.0. The molecule has 0 aliphatic rings. The highest BCUT2D eigenvalue weighted by atomic mass is 16.2. The quantitative estimate of drug-likeness (QED) is 0.637. The van der Waals surface area contributed by atoms with Gasteiger partial charge in [-0.15, -0.1) is 0 Å². The maximum absolute atomic E-state index is 12.1. The Labute approximate surface area is 154 Å². The first-order chi connectivity index (χ1) is 12.7. The highest BCUT2D eigenvalue weighted by molar-refractivity contribution is 5.99. The van der Waals surface area contributed by atoms with Crippen molar-refractivity contribution in [2.45, 2.75) is 13.0 Å². The lowest BCUT2D eigenvalue weighted by atomic mass is 10.2. The van der Waals surface area contributed by atoms with Crippen LogP contribution in [0.1, 0.15) is 12.0 Å². The van der Waals surface area contributed by atoms with Crippen molar-refractivity contribution >= 4 is 22.6 Å². The molecule has 0 atom stereocenters. The van der Waals surface area contributed by atoms with Gasteiger partial charge in [0.05, 0.1) is 11.2 Å². The number of rotatable bonds is 7. The van der Waals surface area contributed by atoms with Crippen molar-refractivity contribution in [1.29, 1.82) is 0 Å². The molecule has 2 amide bonds. The van der Waals surface area contributed by atoms with Gasteiger partial charge in [0.2, 0.25) is 0 Å². The van der Waals surface area contributed by atoms with E-state index in [0.29, 0.717) is 6.54 Å². The summed E-state index contributed by atoms with van der Waals surface area (Å²) in [5, 5.41) is 6.80. The molecular weight excluding hydrogens is 324 g/mol. The minimum Gasteiger partial charge on any atom is -0.338 e. The van der Waals surface area contributed by atoms with E-state index >= 15 is 0 Å². The predicted molar refractivity (Wildman–Crippen MR) is 106 cm³/mol. The van der Waals surface area contributed by atoms with Gasteiger partial charge in [-0.1, -0.05) is 48.5 Å². The van der Waals surface area contributed by atoms with Crippen LogP contribution < -0.4 is 10.6 Å². The average molecular weight is 348 g/mol. The van der Waals surface area contributed by atoms with Crippen LogP contribution in [0.2, 0.25) is 0 Å². The Morgan fingerprint density at radius 2 is 1.85 bits per heavy atom. The summed E-state index contributed by atoms with van der Waals surface area (Å²) >= 11 is 0. The fourth-order valence-corrected chi connectivity index (χ4v) is 2.90. The van der Waals surface area contributed by atoms with E-state index in [2.05, 4.69) is 51.8 Å². The van der Waals surface area contributed by atoms with Gasteiger partial charge in [0.15, 0.2) is 0 Å². The number of amides is 2. The molecule has 1 aromatic heterocycles. The molecule has 0 aliphatic carbocycles. The number of hydrogen-bond acceptors (Lipinski definition) is 3. The number of urea groups is 1. The van der Waals surface area contributed by atoms with Crippen molar-refractivity contribution in [2.24, 2.45) is 0 Å². The topological polar surface area (TPSA) is 57.3 Å². The summed E-state index contributed by atoms with van der Waals surface area (Å²) in [6.45, 7) is 2.46. The number of nitrogens with zero attached hydrogens (tertiary/aromatic N) is 2. The lowest BCUT2D eigenvalue weighted by Crippen LogP contribution is -2.31. The molecule has 134 valence electrons. The van der Waals surface area contributed by atoms with Gasteiger partial charge in [-0.3, -0.25) is 4.98 Å². The van der Waals surface area contributed by atoms with Crippen molar-refractivity contribution in [3.63, 3.8) is 0 Å². The van der Waals surface area contributed by atoms with Gasteiger partial charge < -0.3 is 15.5 Å². The molecule has 5 heteroatoms. The van der Waals surface area contributed by atoms with Gasteiger partial charge in [0, 0.05) is 24.7 Å². The Balaban J connectivity index is 1.41. The Morgan fingerprint density at radius 3 is 2.69 bits per heavy atom. The monoisotopic (exact) mass is 348 g/mol. The minimum absolute atomic E-state index is 0.200. The van der Waals surface area contributed by atoms with Crippen molar-refractivity contribution < 1.29 is 4.79 Å². The van der Waals surface area contributed by atoms with E-state index in [1.807, 2.05) is 36.4 Å². The lowest BCUT2D eigenvalue weighted by Gasteiger charge is -2.17.